The molecule has 0 aliphatic rings. The first-order valence-electron chi connectivity index (χ1n) is 8.93. The molecule has 0 atom stereocenters. The van der Waals surface area contributed by atoms with Crippen LogP contribution in [0, 0.1) is 0 Å². The number of nitrogens with one attached hydrogen (secondary N) is 2. The number of hydrogen-bond donors (Lipinski definition) is 3. The number of anilines is 2. The van der Waals surface area contributed by atoms with E-state index in [1.807, 2.05) is 30.3 Å². The first kappa shape index (κ1) is 18.0. The summed E-state index contributed by atoms with van der Waals surface area (Å²) in [6.07, 6.45) is 1.88. The van der Waals surface area contributed by atoms with E-state index < -0.39 is 0 Å². The molecule has 142 valence electrons. The lowest BCUT2D eigenvalue weighted by molar-refractivity contribution is 0.103. The second kappa shape index (κ2) is 7.32. The molecule has 3 heterocycles. The smallest absolute Gasteiger partial charge is 0.273 e. The van der Waals surface area contributed by atoms with E-state index in [0.717, 1.165) is 28.8 Å². The number of rotatable bonds is 5. The lowest BCUT2D eigenvalue weighted by Crippen LogP contribution is -2.13. The Morgan fingerprint density at radius 1 is 1.25 bits per heavy atom. The molecule has 8 heteroatoms. The Hall–Kier alpha value is -3.39. The van der Waals surface area contributed by atoms with Gasteiger partial charge in [-0.3, -0.25) is 14.7 Å². The third-order valence-corrected chi connectivity index (χ3v) is 5.46. The van der Waals surface area contributed by atoms with Gasteiger partial charge in [0.2, 0.25) is 0 Å². The Morgan fingerprint density at radius 3 is 2.79 bits per heavy atom. The number of para-hydroxylation sites is 1. The van der Waals surface area contributed by atoms with Gasteiger partial charge in [-0.2, -0.15) is 0 Å². The van der Waals surface area contributed by atoms with Crippen LogP contribution in [-0.2, 0) is 6.42 Å². The molecule has 1 amide bonds. The van der Waals surface area contributed by atoms with Gasteiger partial charge in [0.1, 0.15) is 15.5 Å². The van der Waals surface area contributed by atoms with E-state index in [9.17, 15) is 9.59 Å². The first-order valence-corrected chi connectivity index (χ1v) is 9.75. The lowest BCUT2D eigenvalue weighted by atomic mass is 10.2. The van der Waals surface area contributed by atoms with E-state index in [4.69, 9.17) is 5.73 Å². The fourth-order valence-corrected chi connectivity index (χ4v) is 4.02. The third kappa shape index (κ3) is 3.29. The fraction of sp³-hybridized carbons (Fsp3) is 0.150. The van der Waals surface area contributed by atoms with Crippen molar-refractivity contribution in [1.29, 1.82) is 0 Å². The summed E-state index contributed by atoms with van der Waals surface area (Å²) in [4.78, 5) is 30.7. The largest absolute Gasteiger partial charge is 0.397 e. The molecule has 0 aliphatic carbocycles. The van der Waals surface area contributed by atoms with Gasteiger partial charge in [0, 0.05) is 17.1 Å². The van der Waals surface area contributed by atoms with Gasteiger partial charge in [0.15, 0.2) is 0 Å². The summed E-state index contributed by atoms with van der Waals surface area (Å²) < 4.78 is 1.36. The number of amides is 1. The fourth-order valence-electron chi connectivity index (χ4n) is 3.01. The monoisotopic (exact) mass is 393 g/mol. The number of hydrogen-bond acceptors (Lipinski definition) is 5. The van der Waals surface area contributed by atoms with Crippen LogP contribution in [0.5, 0.6) is 0 Å². The van der Waals surface area contributed by atoms with Crippen molar-refractivity contribution in [2.45, 2.75) is 19.8 Å². The van der Waals surface area contributed by atoms with Gasteiger partial charge in [-0.1, -0.05) is 31.5 Å². The Labute approximate surface area is 164 Å². The minimum Gasteiger partial charge on any atom is -0.397 e. The van der Waals surface area contributed by atoms with E-state index in [-0.39, 0.29) is 11.5 Å². The van der Waals surface area contributed by atoms with Gasteiger partial charge in [-0.15, -0.1) is 11.3 Å². The predicted octanol–water partition coefficient (Wildman–Crippen LogP) is 3.56. The van der Waals surface area contributed by atoms with Gasteiger partial charge in [-0.25, -0.2) is 9.67 Å². The topological polar surface area (TPSA) is 106 Å². The normalized spacial score (nSPS) is 11.0. The van der Waals surface area contributed by atoms with E-state index in [0.29, 0.717) is 22.1 Å². The maximum Gasteiger partial charge on any atom is 0.273 e. The highest BCUT2D eigenvalue weighted by molar-refractivity contribution is 7.21. The number of fused-ring (bicyclic) bond motifs is 1. The van der Waals surface area contributed by atoms with Crippen molar-refractivity contribution < 1.29 is 4.79 Å². The highest BCUT2D eigenvalue weighted by Gasteiger charge is 2.18. The van der Waals surface area contributed by atoms with Crippen LogP contribution in [-0.4, -0.2) is 20.7 Å². The van der Waals surface area contributed by atoms with Gasteiger partial charge in [-0.05, 0) is 30.7 Å². The van der Waals surface area contributed by atoms with Gasteiger partial charge in [0.05, 0.1) is 11.4 Å². The molecule has 0 bridgehead atoms. The second-order valence-corrected chi connectivity index (χ2v) is 7.38. The molecule has 7 nitrogen and oxygen atoms in total. The summed E-state index contributed by atoms with van der Waals surface area (Å²) in [6.45, 7) is 2.09. The number of nitrogen functional groups attached to an aromatic ring is 1. The minimum absolute atomic E-state index is 0.267. The number of aryl methyl sites for hydroxylation is 1. The Balaban J connectivity index is 1.62. The van der Waals surface area contributed by atoms with Crippen LogP contribution in [0.25, 0.3) is 15.9 Å². The Bertz CT molecular complexity index is 1210. The van der Waals surface area contributed by atoms with Crippen molar-refractivity contribution in [2.75, 3.05) is 11.1 Å². The third-order valence-electron chi connectivity index (χ3n) is 4.35. The van der Waals surface area contributed by atoms with Crippen LogP contribution >= 0.6 is 11.3 Å². The van der Waals surface area contributed by atoms with Gasteiger partial charge < -0.3 is 11.1 Å². The second-order valence-electron chi connectivity index (χ2n) is 6.38. The summed E-state index contributed by atoms with van der Waals surface area (Å²) in [5.74, 6) is -0.0747. The summed E-state index contributed by atoms with van der Waals surface area (Å²) in [5.41, 5.74) is 7.97. The average molecular weight is 393 g/mol. The van der Waals surface area contributed by atoms with Crippen LogP contribution in [0.1, 0.15) is 28.7 Å². The summed E-state index contributed by atoms with van der Waals surface area (Å²) in [5, 5.41) is 6.38. The molecule has 28 heavy (non-hydrogen) atoms. The molecule has 0 saturated heterocycles. The van der Waals surface area contributed by atoms with Crippen molar-refractivity contribution >= 4 is 39.0 Å². The summed E-state index contributed by atoms with van der Waals surface area (Å²) in [7, 11) is 0. The molecule has 0 unspecified atom stereocenters. The molecule has 0 radical (unpaired) electrons. The zero-order chi connectivity index (χ0) is 19.7. The number of H-pyrrole nitrogens is 1. The number of benzene rings is 1. The molecule has 0 aliphatic heterocycles. The van der Waals surface area contributed by atoms with Crippen LogP contribution in [0.15, 0.2) is 53.3 Å². The minimum atomic E-state index is -0.376. The number of pyridine rings is 1. The van der Waals surface area contributed by atoms with Crippen molar-refractivity contribution in [3.05, 3.63) is 69.5 Å². The Morgan fingerprint density at radius 2 is 2.04 bits per heavy atom. The zero-order valence-corrected chi connectivity index (χ0v) is 16.0. The summed E-state index contributed by atoms with van der Waals surface area (Å²) >= 11 is 1.25. The SMILES string of the molecule is CCCc1ccc2c(N)c(C(=O)Nc3cc(=O)n(-c4ccccc4)[nH]3)sc2n1. The van der Waals surface area contributed by atoms with E-state index in [2.05, 4.69) is 22.3 Å². The van der Waals surface area contributed by atoms with Gasteiger partial charge >= 0.3 is 0 Å². The molecule has 4 N–H and O–H groups in total. The molecule has 3 aromatic heterocycles. The molecule has 4 aromatic rings. The number of thiophene rings is 1. The van der Waals surface area contributed by atoms with Crippen LogP contribution < -0.4 is 16.6 Å². The van der Waals surface area contributed by atoms with E-state index >= 15 is 0 Å². The van der Waals surface area contributed by atoms with Crippen LogP contribution in [0.2, 0.25) is 0 Å². The maximum absolute atomic E-state index is 12.7. The van der Waals surface area contributed by atoms with Crippen molar-refractivity contribution in [3.8, 4) is 5.69 Å². The molecule has 0 saturated carbocycles. The molecule has 4 rings (SSSR count). The molecular formula is C20H19N5O2S. The number of nitrogens with two attached hydrogens (primary N) is 1. The summed E-state index contributed by atoms with van der Waals surface area (Å²) in [6, 6.07) is 14.3. The number of aromatic nitrogens is 3. The highest BCUT2D eigenvalue weighted by Crippen LogP contribution is 2.33. The standard InChI is InChI=1S/C20H19N5O2S/c1-2-6-12-9-10-14-17(21)18(28-20(14)22-12)19(27)23-15-11-16(26)25(24-15)13-7-4-3-5-8-13/h3-5,7-11,24H,2,6,21H2,1H3,(H,23,27). The number of carbonyl (C=O) groups excluding carboxylic acids is 1. The van der Waals surface area contributed by atoms with E-state index in [1.54, 1.807) is 12.1 Å². The molecule has 0 fully saturated rings. The zero-order valence-electron chi connectivity index (χ0n) is 15.2. The Kier molecular flexibility index (Phi) is 4.70. The maximum atomic E-state index is 12.7. The highest BCUT2D eigenvalue weighted by atomic mass is 32.1. The number of carbonyl (C=O) groups is 1. The lowest BCUT2D eigenvalue weighted by Gasteiger charge is -2.03. The van der Waals surface area contributed by atoms with Crippen molar-refractivity contribution in [1.82, 2.24) is 14.8 Å². The number of nitrogens with zero attached hydrogens (tertiary/aromatic N) is 2. The first-order chi connectivity index (χ1) is 13.6. The van der Waals surface area contributed by atoms with Crippen molar-refractivity contribution in [3.63, 3.8) is 0 Å². The van der Waals surface area contributed by atoms with Crippen LogP contribution in [0.4, 0.5) is 11.5 Å². The number of aromatic amines is 1. The predicted molar refractivity (Wildman–Crippen MR) is 112 cm³/mol. The van der Waals surface area contributed by atoms with E-state index in [1.165, 1.54) is 22.1 Å². The molecule has 1 aromatic carbocycles. The molecular weight excluding hydrogens is 374 g/mol. The van der Waals surface area contributed by atoms with Crippen LogP contribution in [0.3, 0.4) is 0 Å². The van der Waals surface area contributed by atoms with Gasteiger partial charge in [0.25, 0.3) is 11.5 Å². The molecule has 0 spiro atoms. The quantitative estimate of drug-likeness (QED) is 0.482. The average Bonchev–Trinajstić information content (AvgIpc) is 3.22. The van der Waals surface area contributed by atoms with Crippen molar-refractivity contribution in [2.24, 2.45) is 0 Å².